The maximum atomic E-state index is 13.1. The van der Waals surface area contributed by atoms with E-state index in [4.69, 9.17) is 14.9 Å². The minimum absolute atomic E-state index is 0.0316. The second-order valence-electron chi connectivity index (χ2n) is 8.14. The van der Waals surface area contributed by atoms with E-state index in [1.807, 2.05) is 13.8 Å². The molecule has 204 valence electrons. The average molecular weight is 529 g/mol. The maximum Gasteiger partial charge on any atom is 0.419 e. The van der Waals surface area contributed by atoms with Crippen molar-refractivity contribution in [1.29, 1.82) is 5.41 Å². The molecule has 0 radical (unpaired) electrons. The fourth-order valence-electron chi connectivity index (χ4n) is 3.35. The first-order chi connectivity index (χ1) is 18.0. The summed E-state index contributed by atoms with van der Waals surface area (Å²) in [6, 6.07) is 4.16. The van der Waals surface area contributed by atoms with Crippen LogP contribution in [-0.2, 0) is 19.1 Å². The van der Waals surface area contributed by atoms with Gasteiger partial charge in [0, 0.05) is 30.5 Å². The van der Waals surface area contributed by atoms with Crippen LogP contribution in [0.15, 0.2) is 24.4 Å². The summed E-state index contributed by atoms with van der Waals surface area (Å²) in [5.41, 5.74) is 2.65. The van der Waals surface area contributed by atoms with Crippen LogP contribution in [-0.4, -0.2) is 71.9 Å². The first-order valence-electron chi connectivity index (χ1n) is 11.8. The van der Waals surface area contributed by atoms with Crippen molar-refractivity contribution in [2.45, 2.75) is 40.7 Å². The number of amidine groups is 1. The number of anilines is 1. The Morgan fingerprint density at radius 3 is 2.50 bits per heavy atom. The van der Waals surface area contributed by atoms with E-state index in [0.717, 1.165) is 10.5 Å². The molecule has 0 saturated carbocycles. The quantitative estimate of drug-likeness (QED) is 0.0965. The predicted molar refractivity (Wildman–Crippen MR) is 138 cm³/mol. The number of amides is 4. The fraction of sp³-hybridized carbons (Fsp3) is 0.360. The zero-order chi connectivity index (χ0) is 28.4. The Balaban J connectivity index is 2.11. The lowest BCUT2D eigenvalue weighted by molar-refractivity contribution is -0.154. The molecule has 0 fully saturated rings. The zero-order valence-electron chi connectivity index (χ0n) is 21.9. The molecule has 5 N–H and O–H groups in total. The van der Waals surface area contributed by atoms with Crippen LogP contribution in [0.3, 0.4) is 0 Å². The van der Waals surface area contributed by atoms with Crippen LogP contribution in [0.1, 0.15) is 58.3 Å². The van der Waals surface area contributed by atoms with Gasteiger partial charge >= 0.3 is 12.1 Å². The van der Waals surface area contributed by atoms with Crippen molar-refractivity contribution in [2.75, 3.05) is 25.2 Å². The number of aryl methyl sites for hydroxylation is 1. The highest BCUT2D eigenvalue weighted by atomic mass is 16.7. The summed E-state index contributed by atoms with van der Waals surface area (Å²) in [5, 5.41) is 16.4. The molecule has 13 nitrogen and oxygen atoms in total. The Bertz CT molecular complexity index is 1220. The Labute approximate surface area is 219 Å². The van der Waals surface area contributed by atoms with Gasteiger partial charge in [-0.05, 0) is 57.9 Å². The van der Waals surface area contributed by atoms with Crippen LogP contribution in [0.25, 0.3) is 0 Å². The Hall–Kier alpha value is -4.68. The second-order valence-corrected chi connectivity index (χ2v) is 8.14. The number of aromatic nitrogens is 1. The number of carbonyl (C=O) groups is 5. The number of imide groups is 1. The minimum Gasteiger partial charge on any atom is -0.426 e. The number of hydrogen-bond donors (Lipinski definition) is 5. The Morgan fingerprint density at radius 2 is 1.87 bits per heavy atom. The SMILES string of the molecule is CCNC(=O)c1ccc(C)c(NC(=N)c2[nH]cc(C(=O)N(CC)C(=O)OCOC(=O)C(C)NC=O)c2C)c1. The topological polar surface area (TPSA) is 183 Å². The van der Waals surface area contributed by atoms with E-state index in [-0.39, 0.29) is 23.9 Å². The fourth-order valence-corrected chi connectivity index (χ4v) is 3.35. The third-order valence-corrected chi connectivity index (χ3v) is 5.55. The molecule has 0 aliphatic heterocycles. The largest absolute Gasteiger partial charge is 0.426 e. The summed E-state index contributed by atoms with van der Waals surface area (Å²) >= 11 is 0. The monoisotopic (exact) mass is 528 g/mol. The van der Waals surface area contributed by atoms with Crippen molar-refractivity contribution >= 4 is 41.8 Å². The van der Waals surface area contributed by atoms with Gasteiger partial charge in [0.1, 0.15) is 11.9 Å². The highest BCUT2D eigenvalue weighted by molar-refractivity contribution is 6.10. The van der Waals surface area contributed by atoms with E-state index in [1.54, 1.807) is 32.0 Å². The standard InChI is InChI=1S/C25H32N6O7/c1-6-27-22(33)17-9-8-14(3)19(10-17)30-21(26)20-15(4)18(11-28-20)23(34)31(7-2)25(36)38-13-37-24(35)16(5)29-12-32/h8-12,16,28H,6-7,13H2,1-5H3,(H2,26,30)(H,27,33)(H,29,32). The highest BCUT2D eigenvalue weighted by Crippen LogP contribution is 2.21. The lowest BCUT2D eigenvalue weighted by atomic mass is 10.1. The van der Waals surface area contributed by atoms with Crippen molar-refractivity contribution in [2.24, 2.45) is 0 Å². The van der Waals surface area contributed by atoms with Crippen LogP contribution in [0.2, 0.25) is 0 Å². The van der Waals surface area contributed by atoms with Crippen LogP contribution in [0.4, 0.5) is 10.5 Å². The second kappa shape index (κ2) is 13.6. The smallest absolute Gasteiger partial charge is 0.419 e. The molecular formula is C25H32N6O7. The summed E-state index contributed by atoms with van der Waals surface area (Å²) in [6.07, 6.45) is 0.682. The zero-order valence-corrected chi connectivity index (χ0v) is 21.9. The van der Waals surface area contributed by atoms with Crippen LogP contribution in [0.5, 0.6) is 0 Å². The van der Waals surface area contributed by atoms with Crippen molar-refractivity contribution in [3.8, 4) is 0 Å². The normalized spacial score (nSPS) is 11.1. The van der Waals surface area contributed by atoms with Crippen molar-refractivity contribution in [3.05, 3.63) is 52.3 Å². The molecule has 1 heterocycles. The molecule has 0 aliphatic rings. The van der Waals surface area contributed by atoms with Crippen LogP contribution < -0.4 is 16.0 Å². The van der Waals surface area contributed by atoms with Gasteiger partial charge in [-0.2, -0.15) is 0 Å². The van der Waals surface area contributed by atoms with Crippen molar-refractivity contribution in [3.63, 3.8) is 0 Å². The predicted octanol–water partition coefficient (Wildman–Crippen LogP) is 2.05. The lowest BCUT2D eigenvalue weighted by Gasteiger charge is -2.19. The third kappa shape index (κ3) is 7.18. The van der Waals surface area contributed by atoms with Crippen LogP contribution >= 0.6 is 0 Å². The van der Waals surface area contributed by atoms with Crippen LogP contribution in [0, 0.1) is 19.3 Å². The summed E-state index contributed by atoms with van der Waals surface area (Å²) in [5.74, 6) is -1.78. The molecule has 2 rings (SSSR count). The average Bonchev–Trinajstić information content (AvgIpc) is 3.27. The summed E-state index contributed by atoms with van der Waals surface area (Å²) < 4.78 is 9.64. The highest BCUT2D eigenvalue weighted by Gasteiger charge is 2.27. The van der Waals surface area contributed by atoms with Gasteiger partial charge in [0.2, 0.25) is 13.2 Å². The van der Waals surface area contributed by atoms with E-state index >= 15 is 0 Å². The van der Waals surface area contributed by atoms with Gasteiger partial charge in [-0.15, -0.1) is 0 Å². The number of H-pyrrole nitrogens is 1. The van der Waals surface area contributed by atoms with Gasteiger partial charge in [-0.1, -0.05) is 6.07 Å². The molecule has 1 unspecified atom stereocenters. The molecule has 1 atom stereocenters. The number of hydrogen-bond acceptors (Lipinski definition) is 8. The van der Waals surface area contributed by atoms with Gasteiger partial charge < -0.3 is 30.4 Å². The molecule has 4 amide bonds. The molecule has 38 heavy (non-hydrogen) atoms. The summed E-state index contributed by atoms with van der Waals surface area (Å²) in [7, 11) is 0. The van der Waals surface area contributed by atoms with E-state index in [1.165, 1.54) is 13.1 Å². The van der Waals surface area contributed by atoms with E-state index in [9.17, 15) is 24.0 Å². The van der Waals surface area contributed by atoms with Gasteiger partial charge in [-0.3, -0.25) is 19.8 Å². The van der Waals surface area contributed by atoms with Gasteiger partial charge in [0.15, 0.2) is 0 Å². The number of nitrogens with zero attached hydrogens (tertiary/aromatic N) is 1. The molecular weight excluding hydrogens is 496 g/mol. The number of rotatable bonds is 11. The van der Waals surface area contributed by atoms with Gasteiger partial charge in [-0.25, -0.2) is 14.5 Å². The molecule has 1 aromatic heterocycles. The number of ether oxygens (including phenoxy) is 2. The minimum atomic E-state index is -1.03. The Kier molecular flexibility index (Phi) is 10.6. The Morgan fingerprint density at radius 1 is 1.16 bits per heavy atom. The lowest BCUT2D eigenvalue weighted by Crippen LogP contribution is -2.39. The number of aromatic amines is 1. The molecule has 0 aliphatic carbocycles. The van der Waals surface area contributed by atoms with Crippen molar-refractivity contribution < 1.29 is 33.4 Å². The first kappa shape index (κ1) is 29.5. The van der Waals surface area contributed by atoms with Crippen molar-refractivity contribution in [1.82, 2.24) is 20.5 Å². The first-order valence-corrected chi connectivity index (χ1v) is 11.8. The van der Waals surface area contributed by atoms with E-state index < -0.39 is 30.8 Å². The summed E-state index contributed by atoms with van der Waals surface area (Å²) in [4.78, 5) is 63.5. The molecule has 13 heteroatoms. The van der Waals surface area contributed by atoms with Gasteiger partial charge in [0.25, 0.3) is 11.8 Å². The van der Waals surface area contributed by atoms with E-state index in [0.29, 0.717) is 35.5 Å². The third-order valence-electron chi connectivity index (χ3n) is 5.55. The number of benzene rings is 1. The maximum absolute atomic E-state index is 13.1. The molecule has 1 aromatic carbocycles. The number of nitrogens with one attached hydrogen (secondary N) is 5. The number of carbonyl (C=O) groups excluding carboxylic acids is 5. The molecule has 0 spiro atoms. The molecule has 0 saturated heterocycles. The van der Waals surface area contributed by atoms with Gasteiger partial charge in [0.05, 0.1) is 11.3 Å². The van der Waals surface area contributed by atoms with E-state index in [2.05, 4.69) is 20.9 Å². The number of esters is 1. The molecule has 2 aromatic rings. The summed E-state index contributed by atoms with van der Waals surface area (Å²) in [6.45, 7) is 7.93. The molecule has 0 bridgehead atoms.